The number of anilines is 2. The van der Waals surface area contributed by atoms with E-state index in [1.165, 1.54) is 0 Å². The van der Waals surface area contributed by atoms with Gasteiger partial charge in [0.2, 0.25) is 5.91 Å². The van der Waals surface area contributed by atoms with Crippen LogP contribution in [-0.2, 0) is 11.2 Å². The van der Waals surface area contributed by atoms with Crippen LogP contribution in [0.3, 0.4) is 0 Å². The molecule has 2 aromatic rings. The second-order valence-corrected chi connectivity index (χ2v) is 5.87. The van der Waals surface area contributed by atoms with Crippen molar-refractivity contribution < 1.29 is 4.79 Å². The molecule has 0 aliphatic rings. The van der Waals surface area contributed by atoms with Crippen molar-refractivity contribution in [3.63, 3.8) is 0 Å². The van der Waals surface area contributed by atoms with Crippen molar-refractivity contribution in [1.29, 1.82) is 0 Å². The number of nitrogens with one attached hydrogen (secondary N) is 2. The van der Waals surface area contributed by atoms with Crippen LogP contribution >= 0.6 is 15.9 Å². The Bertz CT molecular complexity index is 596. The molecule has 0 aliphatic carbocycles. The van der Waals surface area contributed by atoms with Gasteiger partial charge in [0.15, 0.2) is 5.82 Å². The Balaban J connectivity index is 1.91. The number of amides is 1. The molecule has 1 aromatic heterocycles. The number of aromatic nitrogens is 2. The van der Waals surface area contributed by atoms with Crippen LogP contribution < -0.4 is 10.6 Å². The Labute approximate surface area is 132 Å². The highest BCUT2D eigenvalue weighted by Crippen LogP contribution is 2.12. The summed E-state index contributed by atoms with van der Waals surface area (Å²) in [6, 6.07) is 11.5. The number of rotatable bonds is 5. The zero-order valence-electron chi connectivity index (χ0n) is 11.9. The lowest BCUT2D eigenvalue weighted by atomic mass is 10.1. The second-order valence-electron chi connectivity index (χ2n) is 4.95. The molecule has 0 spiro atoms. The van der Waals surface area contributed by atoms with Crippen LogP contribution in [0.1, 0.15) is 19.4 Å². The van der Waals surface area contributed by atoms with Crippen molar-refractivity contribution in [2.45, 2.75) is 26.3 Å². The van der Waals surface area contributed by atoms with Crippen LogP contribution in [0.5, 0.6) is 0 Å². The predicted octanol–water partition coefficient (Wildman–Crippen LogP) is 3.24. The normalized spacial score (nSPS) is 10.5. The van der Waals surface area contributed by atoms with Crippen LogP contribution in [0.25, 0.3) is 0 Å². The molecule has 0 atom stereocenters. The highest BCUT2D eigenvalue weighted by molar-refractivity contribution is 9.10. The molecule has 2 rings (SSSR count). The number of nitrogens with zero attached hydrogens (tertiary/aromatic N) is 2. The second kappa shape index (κ2) is 7.17. The van der Waals surface area contributed by atoms with Crippen LogP contribution in [-0.4, -0.2) is 22.1 Å². The molecule has 1 amide bonds. The number of carbonyl (C=O) groups is 1. The van der Waals surface area contributed by atoms with Gasteiger partial charge in [-0.05, 0) is 43.7 Å². The SMILES string of the molecule is CC(C)Nc1ccc(NC(=O)Cc2ccc(Br)cc2)nn1. The molecule has 0 unspecified atom stereocenters. The Hall–Kier alpha value is -1.95. The molecule has 5 nitrogen and oxygen atoms in total. The largest absolute Gasteiger partial charge is 0.366 e. The highest BCUT2D eigenvalue weighted by Gasteiger charge is 2.06. The van der Waals surface area contributed by atoms with Crippen molar-refractivity contribution in [3.8, 4) is 0 Å². The van der Waals surface area contributed by atoms with Crippen LogP contribution in [0.15, 0.2) is 40.9 Å². The van der Waals surface area contributed by atoms with E-state index in [1.807, 2.05) is 38.1 Å². The third kappa shape index (κ3) is 5.15. The standard InChI is InChI=1S/C15H17BrN4O/c1-10(2)17-13-7-8-14(20-19-13)18-15(21)9-11-3-5-12(16)6-4-11/h3-8,10H,9H2,1-2H3,(H,17,19)(H,18,20,21). The molecular formula is C15H17BrN4O. The Morgan fingerprint density at radius 3 is 2.29 bits per heavy atom. The third-order valence-electron chi connectivity index (χ3n) is 2.65. The highest BCUT2D eigenvalue weighted by atomic mass is 79.9. The quantitative estimate of drug-likeness (QED) is 0.870. The van der Waals surface area contributed by atoms with Crippen molar-refractivity contribution >= 4 is 33.5 Å². The fourth-order valence-electron chi connectivity index (χ4n) is 1.75. The average molecular weight is 349 g/mol. The molecule has 21 heavy (non-hydrogen) atoms. The first-order chi connectivity index (χ1) is 10.0. The smallest absolute Gasteiger partial charge is 0.229 e. The van der Waals surface area contributed by atoms with Gasteiger partial charge < -0.3 is 10.6 Å². The Morgan fingerprint density at radius 2 is 1.71 bits per heavy atom. The first-order valence-electron chi connectivity index (χ1n) is 6.67. The maximum Gasteiger partial charge on any atom is 0.229 e. The number of halogens is 1. The summed E-state index contributed by atoms with van der Waals surface area (Å²) in [6.45, 7) is 4.05. The van der Waals surface area contributed by atoms with Gasteiger partial charge in [-0.25, -0.2) is 0 Å². The minimum atomic E-state index is -0.115. The lowest BCUT2D eigenvalue weighted by molar-refractivity contribution is -0.115. The monoisotopic (exact) mass is 348 g/mol. The van der Waals surface area contributed by atoms with E-state index >= 15 is 0 Å². The maximum atomic E-state index is 11.9. The number of hydrogen-bond acceptors (Lipinski definition) is 4. The molecule has 6 heteroatoms. The minimum Gasteiger partial charge on any atom is -0.366 e. The zero-order chi connectivity index (χ0) is 15.2. The van der Waals surface area contributed by atoms with Gasteiger partial charge in [-0.1, -0.05) is 28.1 Å². The number of carbonyl (C=O) groups excluding carboxylic acids is 1. The maximum absolute atomic E-state index is 11.9. The summed E-state index contributed by atoms with van der Waals surface area (Å²) in [5, 5.41) is 13.9. The van der Waals surface area contributed by atoms with Crippen LogP contribution in [0.2, 0.25) is 0 Å². The van der Waals surface area contributed by atoms with Crippen molar-refractivity contribution in [2.75, 3.05) is 10.6 Å². The summed E-state index contributed by atoms with van der Waals surface area (Å²) in [5.74, 6) is 1.03. The van der Waals surface area contributed by atoms with Gasteiger partial charge in [0, 0.05) is 10.5 Å². The molecule has 0 saturated heterocycles. The lowest BCUT2D eigenvalue weighted by Crippen LogP contribution is -2.16. The average Bonchev–Trinajstić information content (AvgIpc) is 2.43. The van der Waals surface area contributed by atoms with Gasteiger partial charge in [-0.15, -0.1) is 10.2 Å². The van der Waals surface area contributed by atoms with E-state index in [1.54, 1.807) is 12.1 Å². The number of hydrogen-bond donors (Lipinski definition) is 2. The fraction of sp³-hybridized carbons (Fsp3) is 0.267. The van der Waals surface area contributed by atoms with Crippen LogP contribution in [0.4, 0.5) is 11.6 Å². The zero-order valence-corrected chi connectivity index (χ0v) is 13.5. The summed E-state index contributed by atoms with van der Waals surface area (Å²) >= 11 is 3.36. The topological polar surface area (TPSA) is 66.9 Å². The molecule has 0 radical (unpaired) electrons. The van der Waals surface area contributed by atoms with Gasteiger partial charge in [0.05, 0.1) is 6.42 Å². The first kappa shape index (κ1) is 15.4. The van der Waals surface area contributed by atoms with Gasteiger partial charge in [-0.2, -0.15) is 0 Å². The van der Waals surface area contributed by atoms with E-state index in [9.17, 15) is 4.79 Å². The molecular weight excluding hydrogens is 332 g/mol. The molecule has 0 saturated carbocycles. The minimum absolute atomic E-state index is 0.115. The summed E-state index contributed by atoms with van der Waals surface area (Å²) in [4.78, 5) is 11.9. The van der Waals surface area contributed by atoms with Crippen molar-refractivity contribution in [3.05, 3.63) is 46.4 Å². The predicted molar refractivity (Wildman–Crippen MR) is 87.3 cm³/mol. The molecule has 0 bridgehead atoms. The van der Waals surface area contributed by atoms with E-state index < -0.39 is 0 Å². The molecule has 1 heterocycles. The van der Waals surface area contributed by atoms with Gasteiger partial charge in [0.1, 0.15) is 5.82 Å². The first-order valence-corrected chi connectivity index (χ1v) is 7.47. The molecule has 110 valence electrons. The van der Waals surface area contributed by atoms with Crippen molar-refractivity contribution in [1.82, 2.24) is 10.2 Å². The molecule has 0 aliphatic heterocycles. The molecule has 1 aromatic carbocycles. The summed E-state index contributed by atoms with van der Waals surface area (Å²) < 4.78 is 0.991. The summed E-state index contributed by atoms with van der Waals surface area (Å²) in [7, 11) is 0. The van der Waals surface area contributed by atoms with E-state index in [0.717, 1.165) is 10.0 Å². The lowest BCUT2D eigenvalue weighted by Gasteiger charge is -2.09. The Morgan fingerprint density at radius 1 is 1.10 bits per heavy atom. The molecule has 0 fully saturated rings. The van der Waals surface area contributed by atoms with E-state index in [4.69, 9.17) is 0 Å². The van der Waals surface area contributed by atoms with Gasteiger partial charge >= 0.3 is 0 Å². The van der Waals surface area contributed by atoms with Crippen molar-refractivity contribution in [2.24, 2.45) is 0 Å². The third-order valence-corrected chi connectivity index (χ3v) is 3.18. The van der Waals surface area contributed by atoms with Gasteiger partial charge in [0.25, 0.3) is 0 Å². The van der Waals surface area contributed by atoms with Gasteiger partial charge in [-0.3, -0.25) is 4.79 Å². The number of benzene rings is 1. The molecule has 2 N–H and O–H groups in total. The Kier molecular flexibility index (Phi) is 5.27. The van der Waals surface area contributed by atoms with Crippen LogP contribution in [0, 0.1) is 0 Å². The summed E-state index contributed by atoms with van der Waals surface area (Å²) in [5.41, 5.74) is 0.946. The van der Waals surface area contributed by atoms with E-state index in [2.05, 4.69) is 36.8 Å². The summed E-state index contributed by atoms with van der Waals surface area (Å²) in [6.07, 6.45) is 0.307. The fourth-order valence-corrected chi connectivity index (χ4v) is 2.01. The van der Waals surface area contributed by atoms with E-state index in [-0.39, 0.29) is 11.9 Å². The van der Waals surface area contributed by atoms with E-state index in [0.29, 0.717) is 18.1 Å².